The second-order valence-corrected chi connectivity index (χ2v) is 6.19. The molecule has 0 bridgehead atoms. The molecule has 0 amide bonds. The molecule has 0 aliphatic heterocycles. The van der Waals surface area contributed by atoms with Gasteiger partial charge in [0.15, 0.2) is 0 Å². The van der Waals surface area contributed by atoms with Crippen molar-refractivity contribution in [2.45, 2.75) is 38.3 Å². The maximum Gasteiger partial charge on any atom is 0.122 e. The van der Waals surface area contributed by atoms with Crippen LogP contribution in [0, 0.1) is 6.92 Å². The summed E-state index contributed by atoms with van der Waals surface area (Å²) in [6.07, 6.45) is 0.406. The van der Waals surface area contributed by atoms with Gasteiger partial charge < -0.3 is 15.6 Å². The first-order valence-corrected chi connectivity index (χ1v) is 7.57. The average Bonchev–Trinajstić information content (AvgIpc) is 2.47. The minimum Gasteiger partial charge on any atom is -0.496 e. The molecule has 2 rings (SSSR count). The number of rotatable bonds is 6. The SMILES string of the molecule is COc1ccccc1CC(C)(C[C@H](N)O)c1ccc(C)cc1. The fraction of sp³-hybridized carbons (Fsp3) is 0.368. The summed E-state index contributed by atoms with van der Waals surface area (Å²) in [5.41, 5.74) is 8.95. The molecular weight excluding hydrogens is 274 g/mol. The second-order valence-electron chi connectivity index (χ2n) is 6.19. The van der Waals surface area contributed by atoms with Crippen LogP contribution in [-0.4, -0.2) is 18.4 Å². The van der Waals surface area contributed by atoms with Gasteiger partial charge in [0, 0.05) is 5.41 Å². The largest absolute Gasteiger partial charge is 0.496 e. The topological polar surface area (TPSA) is 55.5 Å². The third-order valence-electron chi connectivity index (χ3n) is 4.18. The summed E-state index contributed by atoms with van der Waals surface area (Å²) in [5, 5.41) is 9.75. The lowest BCUT2D eigenvalue weighted by Crippen LogP contribution is -2.34. The highest BCUT2D eigenvalue weighted by Gasteiger charge is 2.30. The molecule has 0 radical (unpaired) electrons. The molecule has 0 aromatic heterocycles. The summed E-state index contributed by atoms with van der Waals surface area (Å²) in [5.74, 6) is 0.868. The first-order chi connectivity index (χ1) is 10.4. The van der Waals surface area contributed by atoms with Crippen LogP contribution in [-0.2, 0) is 11.8 Å². The van der Waals surface area contributed by atoms with Crippen molar-refractivity contribution in [2.24, 2.45) is 5.73 Å². The van der Waals surface area contributed by atoms with Crippen molar-refractivity contribution in [3.05, 3.63) is 65.2 Å². The van der Waals surface area contributed by atoms with E-state index >= 15 is 0 Å². The zero-order valence-electron chi connectivity index (χ0n) is 13.5. The Hall–Kier alpha value is -1.84. The lowest BCUT2D eigenvalue weighted by atomic mass is 9.74. The van der Waals surface area contributed by atoms with Gasteiger partial charge in [0.1, 0.15) is 12.0 Å². The first-order valence-electron chi connectivity index (χ1n) is 7.57. The summed E-state index contributed by atoms with van der Waals surface area (Å²) in [6.45, 7) is 4.21. The van der Waals surface area contributed by atoms with E-state index in [2.05, 4.69) is 44.2 Å². The van der Waals surface area contributed by atoms with Crippen LogP contribution < -0.4 is 10.5 Å². The molecule has 0 saturated heterocycles. The number of methoxy groups -OCH3 is 1. The highest BCUT2D eigenvalue weighted by Crippen LogP contribution is 2.35. The van der Waals surface area contributed by atoms with Crippen molar-refractivity contribution in [2.75, 3.05) is 7.11 Å². The Bertz CT molecular complexity index is 607. The van der Waals surface area contributed by atoms with Gasteiger partial charge in [0.05, 0.1) is 7.11 Å². The zero-order valence-corrected chi connectivity index (χ0v) is 13.5. The lowest BCUT2D eigenvalue weighted by Gasteiger charge is -2.32. The van der Waals surface area contributed by atoms with Gasteiger partial charge in [-0.05, 0) is 37.0 Å². The number of aliphatic hydroxyl groups excluding tert-OH is 1. The molecule has 22 heavy (non-hydrogen) atoms. The monoisotopic (exact) mass is 299 g/mol. The van der Waals surface area contributed by atoms with E-state index in [0.717, 1.165) is 17.7 Å². The summed E-state index contributed by atoms with van der Waals surface area (Å²) >= 11 is 0. The van der Waals surface area contributed by atoms with Crippen LogP contribution in [0.5, 0.6) is 5.75 Å². The predicted octanol–water partition coefficient (Wildman–Crippen LogP) is 3.17. The molecule has 0 aliphatic rings. The van der Waals surface area contributed by atoms with Crippen LogP contribution in [0.15, 0.2) is 48.5 Å². The van der Waals surface area contributed by atoms with Crippen molar-refractivity contribution >= 4 is 0 Å². The van der Waals surface area contributed by atoms with E-state index in [9.17, 15) is 5.11 Å². The molecule has 2 aromatic carbocycles. The molecule has 118 valence electrons. The summed E-state index contributed by atoms with van der Waals surface area (Å²) in [6, 6.07) is 16.4. The van der Waals surface area contributed by atoms with Gasteiger partial charge in [-0.1, -0.05) is 55.0 Å². The summed E-state index contributed by atoms with van der Waals surface area (Å²) in [4.78, 5) is 0. The van der Waals surface area contributed by atoms with Crippen molar-refractivity contribution in [1.82, 2.24) is 0 Å². The number of nitrogens with two attached hydrogens (primary N) is 1. The number of hydrogen-bond acceptors (Lipinski definition) is 3. The molecule has 2 atom stereocenters. The predicted molar refractivity (Wildman–Crippen MR) is 90.0 cm³/mol. The van der Waals surface area contributed by atoms with Crippen molar-refractivity contribution in [3.63, 3.8) is 0 Å². The first kappa shape index (κ1) is 16.5. The van der Waals surface area contributed by atoms with Crippen LogP contribution >= 0.6 is 0 Å². The van der Waals surface area contributed by atoms with E-state index in [1.807, 2.05) is 18.2 Å². The van der Waals surface area contributed by atoms with Gasteiger partial charge in [0.25, 0.3) is 0 Å². The minimum absolute atomic E-state index is 0.253. The summed E-state index contributed by atoms with van der Waals surface area (Å²) in [7, 11) is 1.68. The molecule has 2 aromatic rings. The maximum absolute atomic E-state index is 9.75. The minimum atomic E-state index is -0.846. The van der Waals surface area contributed by atoms with Gasteiger partial charge in [-0.2, -0.15) is 0 Å². The fourth-order valence-corrected chi connectivity index (χ4v) is 2.98. The molecule has 0 fully saturated rings. The molecule has 0 aliphatic carbocycles. The van der Waals surface area contributed by atoms with E-state index in [0.29, 0.717) is 6.42 Å². The van der Waals surface area contributed by atoms with Gasteiger partial charge in [-0.15, -0.1) is 0 Å². The molecule has 3 nitrogen and oxygen atoms in total. The van der Waals surface area contributed by atoms with Gasteiger partial charge >= 0.3 is 0 Å². The summed E-state index contributed by atoms with van der Waals surface area (Å²) < 4.78 is 5.46. The highest BCUT2D eigenvalue weighted by atomic mass is 16.5. The molecule has 0 heterocycles. The van der Waals surface area contributed by atoms with Gasteiger partial charge in [-0.25, -0.2) is 0 Å². The Morgan fingerprint density at radius 2 is 1.77 bits per heavy atom. The average molecular weight is 299 g/mol. The van der Waals surface area contributed by atoms with E-state index in [1.54, 1.807) is 7.11 Å². The number of hydrogen-bond donors (Lipinski definition) is 2. The van der Waals surface area contributed by atoms with E-state index in [1.165, 1.54) is 11.1 Å². The van der Waals surface area contributed by atoms with Crippen LogP contribution in [0.2, 0.25) is 0 Å². The fourth-order valence-electron chi connectivity index (χ4n) is 2.98. The van der Waals surface area contributed by atoms with Crippen molar-refractivity contribution in [1.29, 1.82) is 0 Å². The smallest absolute Gasteiger partial charge is 0.122 e. The Balaban J connectivity index is 2.39. The lowest BCUT2D eigenvalue weighted by molar-refractivity contribution is 0.140. The standard InChI is InChI=1S/C19H25NO2/c1-14-8-10-16(11-9-14)19(2,13-18(20)21)12-15-6-4-5-7-17(15)22-3/h4-11,18,21H,12-13,20H2,1-3H3/t18-,19?/m1/s1. The van der Waals surface area contributed by atoms with Gasteiger partial charge in [-0.3, -0.25) is 0 Å². The molecular formula is C19H25NO2. The number of para-hydroxylation sites is 1. The van der Waals surface area contributed by atoms with Crippen LogP contribution in [0.4, 0.5) is 0 Å². The Morgan fingerprint density at radius 3 is 2.36 bits per heavy atom. The molecule has 1 unspecified atom stereocenters. The Kier molecular flexibility index (Phi) is 5.22. The number of benzene rings is 2. The molecule has 3 N–H and O–H groups in total. The third kappa shape index (κ3) is 3.87. The zero-order chi connectivity index (χ0) is 16.2. The maximum atomic E-state index is 9.75. The normalized spacial score (nSPS) is 15.1. The molecule has 3 heteroatoms. The van der Waals surface area contributed by atoms with Crippen molar-refractivity contribution in [3.8, 4) is 5.75 Å². The van der Waals surface area contributed by atoms with E-state index < -0.39 is 6.23 Å². The number of ether oxygens (including phenoxy) is 1. The van der Waals surface area contributed by atoms with E-state index in [4.69, 9.17) is 10.5 Å². The van der Waals surface area contributed by atoms with Crippen molar-refractivity contribution < 1.29 is 9.84 Å². The van der Waals surface area contributed by atoms with Crippen LogP contribution in [0.3, 0.4) is 0 Å². The van der Waals surface area contributed by atoms with Crippen LogP contribution in [0.1, 0.15) is 30.0 Å². The Labute approximate surface area is 132 Å². The highest BCUT2D eigenvalue weighted by molar-refractivity contribution is 5.38. The second kappa shape index (κ2) is 6.95. The molecule has 0 saturated carbocycles. The number of aryl methyl sites for hydroxylation is 1. The van der Waals surface area contributed by atoms with Crippen LogP contribution in [0.25, 0.3) is 0 Å². The van der Waals surface area contributed by atoms with E-state index in [-0.39, 0.29) is 5.41 Å². The quantitative estimate of drug-likeness (QED) is 0.806. The van der Waals surface area contributed by atoms with Gasteiger partial charge in [0.2, 0.25) is 0 Å². The number of aliphatic hydroxyl groups is 1. The Morgan fingerprint density at radius 1 is 1.14 bits per heavy atom. The third-order valence-corrected chi connectivity index (χ3v) is 4.18. The molecule has 0 spiro atoms.